The molecule has 1 heterocycles. The second-order valence-corrected chi connectivity index (χ2v) is 7.14. The number of anilines is 1. The van der Waals surface area contributed by atoms with Crippen molar-refractivity contribution in [3.8, 4) is 22.8 Å². The van der Waals surface area contributed by atoms with Crippen LogP contribution in [-0.2, 0) is 0 Å². The first kappa shape index (κ1) is 19.7. The number of methoxy groups -OCH3 is 1. The van der Waals surface area contributed by atoms with Crippen LogP contribution >= 0.6 is 11.6 Å². The molecule has 1 amide bonds. The molecule has 0 aliphatic rings. The normalized spacial score (nSPS) is 10.6. The van der Waals surface area contributed by atoms with E-state index < -0.39 is 5.91 Å². The Morgan fingerprint density at radius 3 is 2.53 bits per heavy atom. The van der Waals surface area contributed by atoms with Gasteiger partial charge in [0.25, 0.3) is 5.91 Å². The standard InChI is InChI=1S/C23H19ClN4O2/c1-15-5-3-7-19(13-15)28-22(16-9-11-17(24)12-10-16)26-21(27-28)23(29)25-18-6-4-8-20(14-18)30-2/h3-14H,1-2H3,(H,25,29). The number of benzene rings is 3. The van der Waals surface area contributed by atoms with Gasteiger partial charge >= 0.3 is 0 Å². The quantitative estimate of drug-likeness (QED) is 0.486. The first-order valence-corrected chi connectivity index (χ1v) is 9.67. The molecule has 30 heavy (non-hydrogen) atoms. The van der Waals surface area contributed by atoms with E-state index in [0.717, 1.165) is 16.8 Å². The molecule has 3 aromatic carbocycles. The van der Waals surface area contributed by atoms with Gasteiger partial charge in [0.1, 0.15) is 5.75 Å². The van der Waals surface area contributed by atoms with Gasteiger partial charge in [0, 0.05) is 22.3 Å². The van der Waals surface area contributed by atoms with Gasteiger partial charge in [0.2, 0.25) is 5.82 Å². The van der Waals surface area contributed by atoms with Crippen molar-refractivity contribution in [3.63, 3.8) is 0 Å². The highest BCUT2D eigenvalue weighted by Crippen LogP contribution is 2.24. The van der Waals surface area contributed by atoms with E-state index in [1.165, 1.54) is 0 Å². The third-order valence-corrected chi connectivity index (χ3v) is 4.74. The maximum atomic E-state index is 12.9. The van der Waals surface area contributed by atoms with Crippen molar-refractivity contribution in [3.05, 3.63) is 89.2 Å². The molecular weight excluding hydrogens is 400 g/mol. The number of hydrogen-bond acceptors (Lipinski definition) is 4. The number of aryl methyl sites for hydroxylation is 1. The van der Waals surface area contributed by atoms with Crippen molar-refractivity contribution in [2.45, 2.75) is 6.92 Å². The van der Waals surface area contributed by atoms with Crippen molar-refractivity contribution in [1.82, 2.24) is 14.8 Å². The van der Waals surface area contributed by atoms with Crippen LogP contribution in [0.4, 0.5) is 5.69 Å². The highest BCUT2D eigenvalue weighted by atomic mass is 35.5. The van der Waals surface area contributed by atoms with E-state index in [2.05, 4.69) is 15.4 Å². The summed E-state index contributed by atoms with van der Waals surface area (Å²) in [5.74, 6) is 0.843. The SMILES string of the molecule is COc1cccc(NC(=O)c2nc(-c3ccc(Cl)cc3)n(-c3cccc(C)c3)n2)c1. The molecule has 0 aliphatic heterocycles. The van der Waals surface area contributed by atoms with Gasteiger partial charge in [-0.05, 0) is 61.0 Å². The summed E-state index contributed by atoms with van der Waals surface area (Å²) < 4.78 is 6.87. The lowest BCUT2D eigenvalue weighted by atomic mass is 10.2. The second-order valence-electron chi connectivity index (χ2n) is 6.70. The van der Waals surface area contributed by atoms with Gasteiger partial charge in [-0.15, -0.1) is 5.10 Å². The molecule has 0 saturated heterocycles. The number of nitrogens with one attached hydrogen (secondary N) is 1. The van der Waals surface area contributed by atoms with E-state index in [0.29, 0.717) is 22.3 Å². The average molecular weight is 419 g/mol. The molecule has 0 aliphatic carbocycles. The summed E-state index contributed by atoms with van der Waals surface area (Å²) in [4.78, 5) is 17.4. The van der Waals surface area contributed by atoms with Crippen molar-refractivity contribution in [1.29, 1.82) is 0 Å². The van der Waals surface area contributed by atoms with E-state index in [1.54, 1.807) is 48.2 Å². The molecule has 0 unspecified atom stereocenters. The van der Waals surface area contributed by atoms with Crippen molar-refractivity contribution < 1.29 is 9.53 Å². The fourth-order valence-electron chi connectivity index (χ4n) is 3.02. The zero-order valence-corrected chi connectivity index (χ0v) is 17.2. The fraction of sp³-hybridized carbons (Fsp3) is 0.0870. The highest BCUT2D eigenvalue weighted by Gasteiger charge is 2.19. The number of halogens is 1. The molecule has 0 bridgehead atoms. The number of aromatic nitrogens is 3. The molecule has 0 spiro atoms. The first-order valence-electron chi connectivity index (χ1n) is 9.29. The minimum atomic E-state index is -0.412. The van der Waals surface area contributed by atoms with Gasteiger partial charge in [-0.2, -0.15) is 0 Å². The Labute approximate surface area is 179 Å². The lowest BCUT2D eigenvalue weighted by Crippen LogP contribution is -2.14. The van der Waals surface area contributed by atoms with Crippen LogP contribution in [0.15, 0.2) is 72.8 Å². The summed E-state index contributed by atoms with van der Waals surface area (Å²) in [5.41, 5.74) is 3.29. The van der Waals surface area contributed by atoms with Crippen LogP contribution < -0.4 is 10.1 Å². The second kappa shape index (κ2) is 8.39. The topological polar surface area (TPSA) is 69.0 Å². The smallest absolute Gasteiger partial charge is 0.295 e. The summed E-state index contributed by atoms with van der Waals surface area (Å²) in [5, 5.41) is 7.93. The minimum Gasteiger partial charge on any atom is -0.497 e. The summed E-state index contributed by atoms with van der Waals surface area (Å²) >= 11 is 6.03. The Bertz CT molecular complexity index is 1200. The van der Waals surface area contributed by atoms with Gasteiger partial charge in [0.15, 0.2) is 5.82 Å². The third kappa shape index (κ3) is 4.18. The molecule has 0 radical (unpaired) electrons. The zero-order valence-electron chi connectivity index (χ0n) is 16.5. The summed E-state index contributed by atoms with van der Waals surface area (Å²) in [6.45, 7) is 2.00. The Morgan fingerprint density at radius 1 is 1.03 bits per heavy atom. The number of amides is 1. The van der Waals surface area contributed by atoms with Crippen LogP contribution in [0.2, 0.25) is 5.02 Å². The molecule has 4 rings (SSSR count). The van der Waals surface area contributed by atoms with Crippen LogP contribution in [0.3, 0.4) is 0 Å². The molecule has 0 saturated carbocycles. The van der Waals surface area contributed by atoms with E-state index in [4.69, 9.17) is 16.3 Å². The van der Waals surface area contributed by atoms with Gasteiger partial charge in [0.05, 0.1) is 12.8 Å². The predicted octanol–water partition coefficient (Wildman–Crippen LogP) is 5.16. The van der Waals surface area contributed by atoms with Gasteiger partial charge < -0.3 is 10.1 Å². The Balaban J connectivity index is 1.74. The Hall–Kier alpha value is -3.64. The Morgan fingerprint density at radius 2 is 1.80 bits per heavy atom. The molecule has 7 heteroatoms. The number of hydrogen-bond donors (Lipinski definition) is 1. The summed E-state index contributed by atoms with van der Waals surface area (Å²) in [7, 11) is 1.57. The number of rotatable bonds is 5. The van der Waals surface area contributed by atoms with Crippen LogP contribution in [0.25, 0.3) is 17.1 Å². The predicted molar refractivity (Wildman–Crippen MR) is 117 cm³/mol. The van der Waals surface area contributed by atoms with Crippen LogP contribution in [0, 0.1) is 6.92 Å². The fourth-order valence-corrected chi connectivity index (χ4v) is 3.15. The van der Waals surface area contributed by atoms with Crippen molar-refractivity contribution in [2.24, 2.45) is 0 Å². The summed E-state index contributed by atoms with van der Waals surface area (Å²) in [6, 6.07) is 22.2. The van der Waals surface area contributed by atoms with E-state index in [1.807, 2.05) is 43.3 Å². The molecule has 1 N–H and O–H groups in total. The van der Waals surface area contributed by atoms with E-state index in [9.17, 15) is 4.79 Å². The molecule has 1 aromatic heterocycles. The number of carbonyl (C=O) groups is 1. The summed E-state index contributed by atoms with van der Waals surface area (Å²) in [6.07, 6.45) is 0. The van der Waals surface area contributed by atoms with Gasteiger partial charge in [-0.3, -0.25) is 4.79 Å². The van der Waals surface area contributed by atoms with E-state index in [-0.39, 0.29) is 5.82 Å². The van der Waals surface area contributed by atoms with Gasteiger partial charge in [-0.1, -0.05) is 29.8 Å². The molecule has 0 fully saturated rings. The Kier molecular flexibility index (Phi) is 5.50. The minimum absolute atomic E-state index is 0.0595. The van der Waals surface area contributed by atoms with E-state index >= 15 is 0 Å². The number of nitrogens with zero attached hydrogens (tertiary/aromatic N) is 3. The third-order valence-electron chi connectivity index (χ3n) is 4.49. The lowest BCUT2D eigenvalue weighted by Gasteiger charge is -2.07. The average Bonchev–Trinajstić information content (AvgIpc) is 3.20. The van der Waals surface area contributed by atoms with Crippen LogP contribution in [0.5, 0.6) is 5.75 Å². The number of carbonyl (C=O) groups excluding carboxylic acids is 1. The molecule has 0 atom stereocenters. The lowest BCUT2D eigenvalue weighted by molar-refractivity contribution is 0.101. The maximum Gasteiger partial charge on any atom is 0.295 e. The molecule has 6 nitrogen and oxygen atoms in total. The van der Waals surface area contributed by atoms with Crippen LogP contribution in [0.1, 0.15) is 16.2 Å². The largest absolute Gasteiger partial charge is 0.497 e. The first-order chi connectivity index (χ1) is 14.5. The number of ether oxygens (including phenoxy) is 1. The van der Waals surface area contributed by atoms with Crippen molar-refractivity contribution >= 4 is 23.2 Å². The molecule has 4 aromatic rings. The van der Waals surface area contributed by atoms with Crippen molar-refractivity contribution in [2.75, 3.05) is 12.4 Å². The van der Waals surface area contributed by atoms with Gasteiger partial charge in [-0.25, -0.2) is 9.67 Å². The molecule has 150 valence electrons. The van der Waals surface area contributed by atoms with Crippen LogP contribution in [-0.4, -0.2) is 27.8 Å². The maximum absolute atomic E-state index is 12.9. The molecular formula is C23H19ClN4O2. The highest BCUT2D eigenvalue weighted by molar-refractivity contribution is 6.30. The monoisotopic (exact) mass is 418 g/mol. The zero-order chi connectivity index (χ0) is 21.1.